The average molecular weight is 299 g/mol. The molecular formula is C13H17NO3S2. The first-order chi connectivity index (χ1) is 9.13. The summed E-state index contributed by atoms with van der Waals surface area (Å²) >= 11 is 1.14. The molecule has 0 N–H and O–H groups in total. The second-order valence-electron chi connectivity index (χ2n) is 5.38. The largest absolute Gasteiger partial charge is 0.298 e. The Morgan fingerprint density at radius 2 is 2.05 bits per heavy atom. The summed E-state index contributed by atoms with van der Waals surface area (Å²) in [4.78, 5) is 10.9. The first kappa shape index (κ1) is 13.3. The molecule has 1 aromatic rings. The second-order valence-corrected chi connectivity index (χ2v) is 8.43. The lowest BCUT2D eigenvalue weighted by Gasteiger charge is -2.31. The molecule has 1 aliphatic heterocycles. The van der Waals surface area contributed by atoms with Crippen molar-refractivity contribution in [3.05, 3.63) is 17.0 Å². The molecule has 0 aromatic carbocycles. The van der Waals surface area contributed by atoms with Crippen molar-refractivity contribution in [3.8, 4) is 0 Å². The van der Waals surface area contributed by atoms with Gasteiger partial charge in [-0.15, -0.1) is 11.3 Å². The van der Waals surface area contributed by atoms with Crippen LogP contribution in [0.3, 0.4) is 0 Å². The maximum absolute atomic E-state index is 12.6. The van der Waals surface area contributed by atoms with Crippen LogP contribution in [0, 0.1) is 11.8 Å². The van der Waals surface area contributed by atoms with Crippen LogP contribution in [0.15, 0.2) is 15.7 Å². The molecule has 1 unspecified atom stereocenters. The Kier molecular flexibility index (Phi) is 3.49. The van der Waals surface area contributed by atoms with E-state index in [1.165, 1.54) is 12.8 Å². The Morgan fingerprint density at radius 3 is 2.74 bits per heavy atom. The predicted molar refractivity (Wildman–Crippen MR) is 73.9 cm³/mol. The molecule has 2 heterocycles. The summed E-state index contributed by atoms with van der Waals surface area (Å²) in [6.07, 6.45) is 5.20. The van der Waals surface area contributed by atoms with Crippen LogP contribution in [0.4, 0.5) is 0 Å². The summed E-state index contributed by atoms with van der Waals surface area (Å²) in [6, 6.07) is 1.58. The third-order valence-electron chi connectivity index (χ3n) is 4.07. The molecular weight excluding hydrogens is 282 g/mol. The minimum absolute atomic E-state index is 0.207. The van der Waals surface area contributed by atoms with Crippen LogP contribution in [0.5, 0.6) is 0 Å². The monoisotopic (exact) mass is 299 g/mol. The zero-order valence-corrected chi connectivity index (χ0v) is 12.3. The van der Waals surface area contributed by atoms with E-state index in [-0.39, 0.29) is 4.21 Å². The summed E-state index contributed by atoms with van der Waals surface area (Å²) in [5.41, 5.74) is 0.290. The Bertz CT molecular complexity index is 574. The third kappa shape index (κ3) is 2.49. The summed E-state index contributed by atoms with van der Waals surface area (Å²) in [6.45, 7) is 1.21. The van der Waals surface area contributed by atoms with Gasteiger partial charge in [-0.2, -0.15) is 4.31 Å². The smallest absolute Gasteiger partial charge is 0.253 e. The zero-order chi connectivity index (χ0) is 13.5. The number of carbonyl (C=O) groups is 1. The van der Waals surface area contributed by atoms with Gasteiger partial charge in [0.05, 0.1) is 0 Å². The molecule has 6 heteroatoms. The summed E-state index contributed by atoms with van der Waals surface area (Å²) in [5, 5.41) is 1.67. The second kappa shape index (κ2) is 5.00. The molecule has 2 aliphatic rings. The van der Waals surface area contributed by atoms with Gasteiger partial charge in [-0.25, -0.2) is 8.42 Å². The number of hydrogen-bond donors (Lipinski definition) is 0. The van der Waals surface area contributed by atoms with Crippen LogP contribution in [0.1, 0.15) is 36.0 Å². The Hall–Kier alpha value is -0.720. The van der Waals surface area contributed by atoms with Gasteiger partial charge in [0.2, 0.25) is 0 Å². The van der Waals surface area contributed by atoms with E-state index in [1.54, 1.807) is 15.8 Å². The first-order valence-corrected chi connectivity index (χ1v) is 8.97. The van der Waals surface area contributed by atoms with Gasteiger partial charge in [-0.05, 0) is 49.0 Å². The number of rotatable bonds is 4. The Labute approximate surface area is 117 Å². The lowest BCUT2D eigenvalue weighted by atomic mass is 9.95. The molecule has 1 atom stereocenters. The minimum atomic E-state index is -3.48. The first-order valence-electron chi connectivity index (χ1n) is 6.66. The van der Waals surface area contributed by atoms with Crippen LogP contribution in [-0.2, 0) is 10.0 Å². The Balaban J connectivity index is 1.85. The van der Waals surface area contributed by atoms with Crippen molar-refractivity contribution in [3.63, 3.8) is 0 Å². The number of hydrogen-bond acceptors (Lipinski definition) is 4. The van der Waals surface area contributed by atoms with Crippen LogP contribution < -0.4 is 0 Å². The van der Waals surface area contributed by atoms with Gasteiger partial charge in [0.1, 0.15) is 4.21 Å². The molecule has 104 valence electrons. The fraction of sp³-hybridized carbons (Fsp3) is 0.615. The molecule has 0 bridgehead atoms. The van der Waals surface area contributed by atoms with Crippen LogP contribution in [0.25, 0.3) is 0 Å². The van der Waals surface area contributed by atoms with Crippen molar-refractivity contribution in [2.24, 2.45) is 11.8 Å². The van der Waals surface area contributed by atoms with Gasteiger partial charge in [0.25, 0.3) is 10.0 Å². The lowest BCUT2D eigenvalue weighted by Crippen LogP contribution is -2.40. The molecule has 1 saturated carbocycles. The fourth-order valence-corrected chi connectivity index (χ4v) is 5.83. The van der Waals surface area contributed by atoms with E-state index in [0.29, 0.717) is 30.9 Å². The molecule has 1 aromatic heterocycles. The number of carbonyl (C=O) groups excluding carboxylic acids is 1. The highest BCUT2D eigenvalue weighted by atomic mass is 32.2. The Morgan fingerprint density at radius 1 is 1.26 bits per heavy atom. The summed E-state index contributed by atoms with van der Waals surface area (Å²) in [7, 11) is -3.48. The highest BCUT2D eigenvalue weighted by molar-refractivity contribution is 7.91. The molecule has 1 aliphatic carbocycles. The molecule has 3 rings (SSSR count). The lowest BCUT2D eigenvalue weighted by molar-refractivity contribution is 0.112. The molecule has 4 nitrogen and oxygen atoms in total. The van der Waals surface area contributed by atoms with E-state index < -0.39 is 10.0 Å². The van der Waals surface area contributed by atoms with E-state index in [1.807, 2.05) is 0 Å². The molecule has 0 amide bonds. The predicted octanol–water partition coefficient (Wildman–Crippen LogP) is 2.37. The van der Waals surface area contributed by atoms with Crippen LogP contribution in [-0.4, -0.2) is 32.1 Å². The van der Waals surface area contributed by atoms with Crippen molar-refractivity contribution in [2.45, 2.75) is 29.9 Å². The van der Waals surface area contributed by atoms with E-state index >= 15 is 0 Å². The van der Waals surface area contributed by atoms with E-state index in [9.17, 15) is 13.2 Å². The van der Waals surface area contributed by atoms with Gasteiger partial charge in [0.15, 0.2) is 6.29 Å². The summed E-state index contributed by atoms with van der Waals surface area (Å²) in [5.74, 6) is 1.25. The normalized spacial score (nSPS) is 25.4. The van der Waals surface area contributed by atoms with Crippen molar-refractivity contribution >= 4 is 27.6 Å². The maximum Gasteiger partial charge on any atom is 0.253 e. The van der Waals surface area contributed by atoms with Gasteiger partial charge >= 0.3 is 0 Å². The molecule has 0 spiro atoms. The SMILES string of the molecule is O=Cc1ccsc1S(=O)(=O)N1CCCC(C2CC2)C1. The zero-order valence-electron chi connectivity index (χ0n) is 10.6. The average Bonchev–Trinajstić information content (AvgIpc) is 3.16. The van der Waals surface area contributed by atoms with Crippen molar-refractivity contribution in [1.82, 2.24) is 4.31 Å². The van der Waals surface area contributed by atoms with Crippen LogP contribution >= 0.6 is 11.3 Å². The van der Waals surface area contributed by atoms with E-state index in [0.717, 1.165) is 30.1 Å². The summed E-state index contributed by atoms with van der Waals surface area (Å²) < 4.78 is 27.0. The van der Waals surface area contributed by atoms with Crippen LogP contribution in [0.2, 0.25) is 0 Å². The number of aldehydes is 1. The topological polar surface area (TPSA) is 54.5 Å². The molecule has 19 heavy (non-hydrogen) atoms. The highest BCUT2D eigenvalue weighted by Crippen LogP contribution is 2.42. The number of sulfonamides is 1. The third-order valence-corrected chi connectivity index (χ3v) is 7.43. The minimum Gasteiger partial charge on any atom is -0.298 e. The number of nitrogens with zero attached hydrogens (tertiary/aromatic N) is 1. The highest BCUT2D eigenvalue weighted by Gasteiger charge is 2.38. The van der Waals surface area contributed by atoms with Crippen molar-refractivity contribution < 1.29 is 13.2 Å². The van der Waals surface area contributed by atoms with Crippen molar-refractivity contribution in [2.75, 3.05) is 13.1 Å². The quantitative estimate of drug-likeness (QED) is 0.802. The van der Waals surface area contributed by atoms with Gasteiger partial charge < -0.3 is 0 Å². The number of piperidine rings is 1. The van der Waals surface area contributed by atoms with Crippen molar-refractivity contribution in [1.29, 1.82) is 0 Å². The molecule has 0 radical (unpaired) electrons. The molecule has 2 fully saturated rings. The molecule has 1 saturated heterocycles. The van der Waals surface area contributed by atoms with E-state index in [4.69, 9.17) is 0 Å². The number of thiophene rings is 1. The fourth-order valence-electron chi connectivity index (χ4n) is 2.86. The van der Waals surface area contributed by atoms with Gasteiger partial charge in [-0.1, -0.05) is 0 Å². The van der Waals surface area contributed by atoms with E-state index in [2.05, 4.69) is 0 Å². The van der Waals surface area contributed by atoms with Gasteiger partial charge in [-0.3, -0.25) is 4.79 Å². The standard InChI is InChI=1S/C13H17NO3S2/c15-9-12-5-7-18-13(12)19(16,17)14-6-1-2-11(8-14)10-3-4-10/h5,7,9-11H,1-4,6,8H2. The van der Waals surface area contributed by atoms with Gasteiger partial charge in [0, 0.05) is 18.7 Å². The maximum atomic E-state index is 12.6.